The maximum absolute atomic E-state index is 13.0. The highest BCUT2D eigenvalue weighted by Crippen LogP contribution is 2.19. The minimum atomic E-state index is -0.180. The number of hydrogen-bond donors (Lipinski definition) is 0. The van der Waals surface area contributed by atoms with Gasteiger partial charge in [0.15, 0.2) is 0 Å². The van der Waals surface area contributed by atoms with E-state index in [0.717, 1.165) is 25.1 Å². The molecule has 0 aliphatic rings. The van der Waals surface area contributed by atoms with Crippen molar-refractivity contribution in [3.05, 3.63) is 65.5 Å². The van der Waals surface area contributed by atoms with Gasteiger partial charge < -0.3 is 9.64 Å². The largest absolute Gasteiger partial charge is 0.497 e. The summed E-state index contributed by atoms with van der Waals surface area (Å²) in [5, 5.41) is 0. The average Bonchev–Trinajstić information content (AvgIpc) is 2.49. The molecule has 1 unspecified atom stereocenters. The van der Waals surface area contributed by atoms with Crippen molar-refractivity contribution in [2.45, 2.75) is 12.8 Å². The number of methoxy groups -OCH3 is 1. The lowest BCUT2D eigenvalue weighted by Gasteiger charge is -2.21. The molecule has 0 radical (unpaired) electrons. The van der Waals surface area contributed by atoms with Gasteiger partial charge in [-0.3, -0.25) is 0 Å². The summed E-state index contributed by atoms with van der Waals surface area (Å²) < 4.78 is 18.3. The van der Waals surface area contributed by atoms with E-state index in [9.17, 15) is 4.39 Å². The third kappa shape index (κ3) is 5.15. The summed E-state index contributed by atoms with van der Waals surface area (Å²) >= 11 is 0. The molecule has 2 rings (SSSR count). The number of benzene rings is 2. The molecule has 0 aliphatic heterocycles. The molecule has 3 heteroatoms. The van der Waals surface area contributed by atoms with Crippen LogP contribution in [0.1, 0.15) is 11.1 Å². The Morgan fingerprint density at radius 2 is 1.68 bits per heavy atom. The van der Waals surface area contributed by atoms with E-state index >= 15 is 0 Å². The fourth-order valence-corrected chi connectivity index (χ4v) is 2.80. The molecule has 0 N–H and O–H groups in total. The van der Waals surface area contributed by atoms with Crippen molar-refractivity contribution in [3.8, 4) is 5.75 Å². The first-order valence-electron chi connectivity index (χ1n) is 7.59. The zero-order valence-electron chi connectivity index (χ0n) is 13.6. The lowest BCUT2D eigenvalue weighted by Crippen LogP contribution is -2.25. The van der Waals surface area contributed by atoms with Crippen LogP contribution in [0.3, 0.4) is 0 Å². The van der Waals surface area contributed by atoms with Crippen LogP contribution in [0.2, 0.25) is 0 Å². The third-order valence-corrected chi connectivity index (χ3v) is 3.72. The van der Waals surface area contributed by atoms with Crippen LogP contribution < -0.4 is 4.74 Å². The van der Waals surface area contributed by atoms with Gasteiger partial charge in [0.1, 0.15) is 11.6 Å². The molecule has 2 aromatic rings. The second-order valence-corrected chi connectivity index (χ2v) is 6.01. The Labute approximate surface area is 132 Å². The first-order chi connectivity index (χ1) is 10.6. The van der Waals surface area contributed by atoms with Gasteiger partial charge in [0, 0.05) is 6.54 Å². The van der Waals surface area contributed by atoms with E-state index in [1.165, 1.54) is 23.3 Å². The third-order valence-electron chi connectivity index (χ3n) is 3.72. The van der Waals surface area contributed by atoms with Gasteiger partial charge in [-0.15, -0.1) is 0 Å². The molecule has 0 heterocycles. The summed E-state index contributed by atoms with van der Waals surface area (Å²) in [6.45, 7) is 0.995. The van der Waals surface area contributed by atoms with Gasteiger partial charge in [-0.1, -0.05) is 24.3 Å². The predicted octanol–water partition coefficient (Wildman–Crippen LogP) is 3.80. The Bertz CT molecular complexity index is 580. The Kier molecular flexibility index (Phi) is 5.96. The first kappa shape index (κ1) is 16.5. The van der Waals surface area contributed by atoms with Gasteiger partial charge in [0.25, 0.3) is 0 Å². The minimum Gasteiger partial charge on any atom is -0.497 e. The van der Waals surface area contributed by atoms with Crippen molar-refractivity contribution in [2.24, 2.45) is 5.92 Å². The molecule has 0 fully saturated rings. The van der Waals surface area contributed by atoms with Gasteiger partial charge >= 0.3 is 0 Å². The van der Waals surface area contributed by atoms with Crippen molar-refractivity contribution in [1.82, 2.24) is 4.90 Å². The molecule has 0 aromatic heterocycles. The fraction of sp³-hybridized carbons (Fsp3) is 0.368. The van der Waals surface area contributed by atoms with Gasteiger partial charge in [0.05, 0.1) is 7.11 Å². The second kappa shape index (κ2) is 7.95. The summed E-state index contributed by atoms with van der Waals surface area (Å²) in [6, 6.07) is 15.0. The highest BCUT2D eigenvalue weighted by molar-refractivity contribution is 5.29. The molecule has 118 valence electrons. The number of nitrogens with zero attached hydrogens (tertiary/aromatic N) is 1. The molecule has 0 amide bonds. The monoisotopic (exact) mass is 301 g/mol. The SMILES string of the molecule is COc1cccc(CC(Cc2ccc(F)cc2)CN(C)C)c1. The van der Waals surface area contributed by atoms with E-state index in [1.807, 2.05) is 24.3 Å². The van der Waals surface area contributed by atoms with Crippen molar-refractivity contribution in [3.63, 3.8) is 0 Å². The quantitative estimate of drug-likeness (QED) is 0.771. The van der Waals surface area contributed by atoms with Gasteiger partial charge in [0.2, 0.25) is 0 Å². The summed E-state index contributed by atoms with van der Waals surface area (Å²) in [4.78, 5) is 2.20. The Hall–Kier alpha value is -1.87. The predicted molar refractivity (Wildman–Crippen MR) is 88.8 cm³/mol. The van der Waals surface area contributed by atoms with Crippen LogP contribution in [0, 0.1) is 11.7 Å². The molecule has 1 atom stereocenters. The van der Waals surface area contributed by atoms with Crippen LogP contribution in [0.15, 0.2) is 48.5 Å². The van der Waals surface area contributed by atoms with Gasteiger partial charge in [-0.25, -0.2) is 4.39 Å². The summed E-state index contributed by atoms with van der Waals surface area (Å²) in [5.74, 6) is 1.19. The zero-order valence-corrected chi connectivity index (χ0v) is 13.6. The van der Waals surface area contributed by atoms with E-state index in [4.69, 9.17) is 4.74 Å². The molecule has 0 aliphatic carbocycles. The molecule has 0 bridgehead atoms. The fourth-order valence-electron chi connectivity index (χ4n) is 2.80. The topological polar surface area (TPSA) is 12.5 Å². The van der Waals surface area contributed by atoms with E-state index < -0.39 is 0 Å². The maximum atomic E-state index is 13.0. The number of halogens is 1. The van der Waals surface area contributed by atoms with Crippen LogP contribution in [-0.4, -0.2) is 32.6 Å². The second-order valence-electron chi connectivity index (χ2n) is 6.01. The van der Waals surface area contributed by atoms with E-state index in [2.05, 4.69) is 31.1 Å². The van der Waals surface area contributed by atoms with Crippen LogP contribution in [0.25, 0.3) is 0 Å². The van der Waals surface area contributed by atoms with Crippen molar-refractivity contribution < 1.29 is 9.13 Å². The Balaban J connectivity index is 2.09. The van der Waals surface area contributed by atoms with Crippen molar-refractivity contribution in [2.75, 3.05) is 27.7 Å². The first-order valence-corrected chi connectivity index (χ1v) is 7.59. The van der Waals surface area contributed by atoms with Crippen LogP contribution in [-0.2, 0) is 12.8 Å². The van der Waals surface area contributed by atoms with Crippen LogP contribution in [0.5, 0.6) is 5.75 Å². The molecule has 0 saturated carbocycles. The zero-order chi connectivity index (χ0) is 15.9. The van der Waals surface area contributed by atoms with Gasteiger partial charge in [-0.05, 0) is 68.2 Å². The molecule has 22 heavy (non-hydrogen) atoms. The van der Waals surface area contributed by atoms with Crippen molar-refractivity contribution >= 4 is 0 Å². The molecular formula is C19H24FNO. The molecule has 2 aromatic carbocycles. The van der Waals surface area contributed by atoms with Crippen LogP contribution >= 0.6 is 0 Å². The number of hydrogen-bond acceptors (Lipinski definition) is 2. The van der Waals surface area contributed by atoms with E-state index in [1.54, 1.807) is 7.11 Å². The molecule has 0 saturated heterocycles. The summed E-state index contributed by atoms with van der Waals surface area (Å²) in [5.41, 5.74) is 2.45. The highest BCUT2D eigenvalue weighted by Gasteiger charge is 2.13. The summed E-state index contributed by atoms with van der Waals surface area (Å²) in [7, 11) is 5.86. The Morgan fingerprint density at radius 3 is 2.32 bits per heavy atom. The molecular weight excluding hydrogens is 277 g/mol. The summed E-state index contributed by atoms with van der Waals surface area (Å²) in [6.07, 6.45) is 1.92. The molecule has 2 nitrogen and oxygen atoms in total. The van der Waals surface area contributed by atoms with E-state index in [-0.39, 0.29) is 5.82 Å². The van der Waals surface area contributed by atoms with Crippen LogP contribution in [0.4, 0.5) is 4.39 Å². The Morgan fingerprint density at radius 1 is 1.00 bits per heavy atom. The van der Waals surface area contributed by atoms with E-state index in [0.29, 0.717) is 5.92 Å². The standard InChI is InChI=1S/C19H24FNO/c1-21(2)14-17(11-15-7-9-18(20)10-8-15)12-16-5-4-6-19(13-16)22-3/h4-10,13,17H,11-12,14H2,1-3H3. The highest BCUT2D eigenvalue weighted by atomic mass is 19.1. The average molecular weight is 301 g/mol. The normalized spacial score (nSPS) is 12.4. The number of rotatable bonds is 7. The maximum Gasteiger partial charge on any atom is 0.123 e. The lowest BCUT2D eigenvalue weighted by atomic mass is 9.92. The van der Waals surface area contributed by atoms with Crippen molar-refractivity contribution in [1.29, 1.82) is 0 Å². The smallest absolute Gasteiger partial charge is 0.123 e. The molecule has 0 spiro atoms. The number of ether oxygens (including phenoxy) is 1. The lowest BCUT2D eigenvalue weighted by molar-refractivity contribution is 0.321. The van der Waals surface area contributed by atoms with Gasteiger partial charge in [-0.2, -0.15) is 0 Å². The minimum absolute atomic E-state index is 0.180.